The molecule has 3 rings (SSSR count). The summed E-state index contributed by atoms with van der Waals surface area (Å²) in [6.07, 6.45) is 1.88. The molecule has 0 aliphatic carbocycles. The van der Waals surface area contributed by atoms with Gasteiger partial charge in [-0.1, -0.05) is 12.1 Å². The molecule has 122 valence electrons. The Morgan fingerprint density at radius 1 is 1.17 bits per heavy atom. The second-order valence-electron chi connectivity index (χ2n) is 5.85. The third-order valence-corrected chi connectivity index (χ3v) is 4.14. The molecule has 1 heterocycles. The van der Waals surface area contributed by atoms with Crippen molar-refractivity contribution in [3.8, 4) is 0 Å². The summed E-state index contributed by atoms with van der Waals surface area (Å²) >= 11 is 0. The second-order valence-corrected chi connectivity index (χ2v) is 5.85. The van der Waals surface area contributed by atoms with Gasteiger partial charge in [0.25, 0.3) is 5.91 Å². The molecule has 0 saturated heterocycles. The van der Waals surface area contributed by atoms with Gasteiger partial charge in [-0.2, -0.15) is 0 Å². The number of anilines is 3. The molecule has 0 aromatic heterocycles. The highest BCUT2D eigenvalue weighted by molar-refractivity contribution is 6.07. The van der Waals surface area contributed by atoms with Crippen LogP contribution in [0.2, 0.25) is 0 Å². The van der Waals surface area contributed by atoms with Crippen LogP contribution in [0, 0.1) is 0 Å². The molecule has 0 bridgehead atoms. The highest BCUT2D eigenvalue weighted by Crippen LogP contribution is 2.32. The summed E-state index contributed by atoms with van der Waals surface area (Å²) in [4.78, 5) is 16.8. The fourth-order valence-electron chi connectivity index (χ4n) is 2.94. The summed E-state index contributed by atoms with van der Waals surface area (Å²) in [5.41, 5.74) is 10.6. The zero-order chi connectivity index (χ0) is 15.7. The topological polar surface area (TPSA) is 49.6 Å². The van der Waals surface area contributed by atoms with Crippen molar-refractivity contribution in [3.63, 3.8) is 0 Å². The van der Waals surface area contributed by atoms with Gasteiger partial charge in [0.15, 0.2) is 0 Å². The first kappa shape index (κ1) is 17.2. The van der Waals surface area contributed by atoms with E-state index in [-0.39, 0.29) is 18.3 Å². The molecule has 0 radical (unpaired) electrons. The largest absolute Gasteiger partial charge is 0.398 e. The minimum atomic E-state index is 0. The van der Waals surface area contributed by atoms with E-state index in [0.717, 1.165) is 42.0 Å². The molecule has 23 heavy (non-hydrogen) atoms. The van der Waals surface area contributed by atoms with Crippen molar-refractivity contribution in [3.05, 3.63) is 53.6 Å². The van der Waals surface area contributed by atoms with Gasteiger partial charge in [-0.3, -0.25) is 4.79 Å². The van der Waals surface area contributed by atoms with E-state index in [2.05, 4.69) is 0 Å². The number of nitrogens with two attached hydrogens (primary N) is 1. The van der Waals surface area contributed by atoms with E-state index >= 15 is 0 Å². The van der Waals surface area contributed by atoms with E-state index in [4.69, 9.17) is 5.73 Å². The van der Waals surface area contributed by atoms with Gasteiger partial charge in [-0.15, -0.1) is 12.4 Å². The number of nitrogens with zero attached hydrogens (tertiary/aromatic N) is 2. The van der Waals surface area contributed by atoms with Crippen LogP contribution in [0.5, 0.6) is 0 Å². The number of hydrogen-bond donors (Lipinski definition) is 1. The van der Waals surface area contributed by atoms with Crippen LogP contribution < -0.4 is 15.5 Å². The van der Waals surface area contributed by atoms with E-state index in [1.165, 1.54) is 0 Å². The van der Waals surface area contributed by atoms with Crippen molar-refractivity contribution in [1.82, 2.24) is 0 Å². The molecule has 5 heteroatoms. The first-order valence-electron chi connectivity index (χ1n) is 7.54. The van der Waals surface area contributed by atoms with E-state index in [1.54, 1.807) is 0 Å². The predicted molar refractivity (Wildman–Crippen MR) is 98.9 cm³/mol. The lowest BCUT2D eigenvalue weighted by molar-refractivity contribution is 0.0985. The number of amides is 1. The summed E-state index contributed by atoms with van der Waals surface area (Å²) in [6.45, 7) is 0.738. The minimum absolute atomic E-state index is 0. The van der Waals surface area contributed by atoms with Crippen LogP contribution in [0.15, 0.2) is 42.5 Å². The maximum atomic E-state index is 12.9. The number of rotatable bonds is 2. The van der Waals surface area contributed by atoms with Gasteiger partial charge in [0, 0.05) is 43.3 Å². The van der Waals surface area contributed by atoms with Crippen molar-refractivity contribution in [2.45, 2.75) is 12.8 Å². The van der Waals surface area contributed by atoms with Gasteiger partial charge in [-0.05, 0) is 48.7 Å². The van der Waals surface area contributed by atoms with Gasteiger partial charge in [0.05, 0.1) is 0 Å². The minimum Gasteiger partial charge on any atom is -0.398 e. The lowest BCUT2D eigenvalue weighted by atomic mass is 9.99. The van der Waals surface area contributed by atoms with Crippen LogP contribution >= 0.6 is 12.4 Å². The SMILES string of the molecule is CN(C)c1cccc(C(=O)N2CCCc3c(N)cccc32)c1.Cl. The molecule has 1 aliphatic rings. The monoisotopic (exact) mass is 331 g/mol. The quantitative estimate of drug-likeness (QED) is 0.858. The van der Waals surface area contributed by atoms with Crippen molar-refractivity contribution in [1.29, 1.82) is 0 Å². The molecular formula is C18H22ClN3O. The Kier molecular flexibility index (Phi) is 5.16. The Bertz CT molecular complexity index is 715. The van der Waals surface area contributed by atoms with Crippen LogP contribution in [0.3, 0.4) is 0 Å². The zero-order valence-electron chi connectivity index (χ0n) is 13.5. The number of carbonyl (C=O) groups is 1. The highest BCUT2D eigenvalue weighted by Gasteiger charge is 2.24. The van der Waals surface area contributed by atoms with E-state index in [9.17, 15) is 4.79 Å². The molecule has 2 aromatic rings. The van der Waals surface area contributed by atoms with Gasteiger partial charge >= 0.3 is 0 Å². The Labute approximate surface area is 143 Å². The third kappa shape index (κ3) is 3.27. The Morgan fingerprint density at radius 2 is 1.91 bits per heavy atom. The molecule has 1 aliphatic heterocycles. The van der Waals surface area contributed by atoms with Crippen LogP contribution in [0.1, 0.15) is 22.3 Å². The van der Waals surface area contributed by atoms with Gasteiger partial charge in [0.2, 0.25) is 0 Å². The van der Waals surface area contributed by atoms with Crippen molar-refractivity contribution in [2.75, 3.05) is 36.2 Å². The highest BCUT2D eigenvalue weighted by atomic mass is 35.5. The van der Waals surface area contributed by atoms with Crippen molar-refractivity contribution >= 4 is 35.4 Å². The average Bonchev–Trinajstić information content (AvgIpc) is 2.54. The molecule has 1 amide bonds. The van der Waals surface area contributed by atoms with Crippen molar-refractivity contribution < 1.29 is 4.79 Å². The van der Waals surface area contributed by atoms with Crippen LogP contribution in [-0.2, 0) is 6.42 Å². The number of benzene rings is 2. The Morgan fingerprint density at radius 3 is 2.65 bits per heavy atom. The molecule has 2 N–H and O–H groups in total. The van der Waals surface area contributed by atoms with Crippen LogP contribution in [-0.4, -0.2) is 26.5 Å². The standard InChI is InChI=1S/C18H21N3O.ClH/c1-20(2)14-7-3-6-13(12-14)18(22)21-11-5-8-15-16(19)9-4-10-17(15)21;/h3-4,6-7,9-10,12H,5,8,11,19H2,1-2H3;1H. The lowest BCUT2D eigenvalue weighted by Crippen LogP contribution is -2.35. The summed E-state index contributed by atoms with van der Waals surface area (Å²) in [6, 6.07) is 13.5. The first-order valence-corrected chi connectivity index (χ1v) is 7.54. The smallest absolute Gasteiger partial charge is 0.258 e. The summed E-state index contributed by atoms with van der Waals surface area (Å²) in [7, 11) is 3.95. The van der Waals surface area contributed by atoms with Crippen molar-refractivity contribution in [2.24, 2.45) is 0 Å². The number of fused-ring (bicyclic) bond motifs is 1. The third-order valence-electron chi connectivity index (χ3n) is 4.14. The Balaban J connectivity index is 0.00000192. The van der Waals surface area contributed by atoms with Gasteiger partial charge < -0.3 is 15.5 Å². The van der Waals surface area contributed by atoms with Crippen LogP contribution in [0.4, 0.5) is 17.1 Å². The molecule has 0 fully saturated rings. The summed E-state index contributed by atoms with van der Waals surface area (Å²) < 4.78 is 0. The fraction of sp³-hybridized carbons (Fsp3) is 0.278. The van der Waals surface area contributed by atoms with E-state index in [0.29, 0.717) is 5.56 Å². The molecule has 0 spiro atoms. The van der Waals surface area contributed by atoms with Gasteiger partial charge in [-0.25, -0.2) is 0 Å². The molecule has 0 atom stereocenters. The maximum Gasteiger partial charge on any atom is 0.258 e. The molecular weight excluding hydrogens is 310 g/mol. The van der Waals surface area contributed by atoms with Crippen LogP contribution in [0.25, 0.3) is 0 Å². The lowest BCUT2D eigenvalue weighted by Gasteiger charge is -2.30. The fourth-order valence-corrected chi connectivity index (χ4v) is 2.94. The number of hydrogen-bond acceptors (Lipinski definition) is 3. The number of nitrogen functional groups attached to an aromatic ring is 1. The molecule has 2 aromatic carbocycles. The van der Waals surface area contributed by atoms with Gasteiger partial charge in [0.1, 0.15) is 0 Å². The average molecular weight is 332 g/mol. The first-order chi connectivity index (χ1) is 10.6. The number of halogens is 1. The van der Waals surface area contributed by atoms with E-state index < -0.39 is 0 Å². The molecule has 0 saturated carbocycles. The molecule has 0 unspecified atom stereocenters. The Hall–Kier alpha value is -2.20. The maximum absolute atomic E-state index is 12.9. The summed E-state index contributed by atoms with van der Waals surface area (Å²) in [5, 5.41) is 0. The number of carbonyl (C=O) groups excluding carboxylic acids is 1. The zero-order valence-corrected chi connectivity index (χ0v) is 14.3. The van der Waals surface area contributed by atoms with E-state index in [1.807, 2.05) is 66.4 Å². The predicted octanol–water partition coefficient (Wildman–Crippen LogP) is 3.35. The summed E-state index contributed by atoms with van der Waals surface area (Å²) in [5.74, 6) is 0.0373. The second kappa shape index (κ2) is 6.92. The molecule has 4 nitrogen and oxygen atoms in total. The normalized spacial score (nSPS) is 13.0.